The van der Waals surface area contributed by atoms with Crippen LogP contribution in [0.3, 0.4) is 0 Å². The first-order valence-electron chi connectivity index (χ1n) is 11.5. The van der Waals surface area contributed by atoms with Crippen molar-refractivity contribution in [3.63, 3.8) is 0 Å². The van der Waals surface area contributed by atoms with Crippen molar-refractivity contribution in [2.75, 3.05) is 13.4 Å². The van der Waals surface area contributed by atoms with Crippen LogP contribution in [0.2, 0.25) is 0 Å². The van der Waals surface area contributed by atoms with E-state index in [4.69, 9.17) is 14.2 Å². The lowest BCUT2D eigenvalue weighted by molar-refractivity contribution is -0.142. The molecule has 0 aromatic heterocycles. The number of aliphatic hydroxyl groups is 2. The lowest BCUT2D eigenvalue weighted by Gasteiger charge is -2.45. The summed E-state index contributed by atoms with van der Waals surface area (Å²) in [5, 5.41) is 25.5. The van der Waals surface area contributed by atoms with Crippen LogP contribution in [0.5, 0.6) is 11.5 Å². The molecular formula is C23H27N3O8. The highest BCUT2D eigenvalue weighted by Crippen LogP contribution is 2.50. The second kappa shape index (κ2) is 8.88. The van der Waals surface area contributed by atoms with Crippen LogP contribution in [0, 0.1) is 23.7 Å². The van der Waals surface area contributed by atoms with Gasteiger partial charge >= 0.3 is 6.09 Å². The van der Waals surface area contributed by atoms with E-state index in [1.54, 1.807) is 25.1 Å². The molecule has 2 saturated carbocycles. The monoisotopic (exact) mass is 473 g/mol. The van der Waals surface area contributed by atoms with E-state index in [-0.39, 0.29) is 44.1 Å². The van der Waals surface area contributed by atoms with Crippen molar-refractivity contribution in [3.05, 3.63) is 23.8 Å². The van der Waals surface area contributed by atoms with Crippen molar-refractivity contribution in [1.29, 1.82) is 0 Å². The van der Waals surface area contributed by atoms with Gasteiger partial charge in [0, 0.05) is 24.0 Å². The molecule has 0 bridgehead atoms. The molecule has 182 valence electrons. The van der Waals surface area contributed by atoms with E-state index in [1.807, 2.05) is 0 Å². The van der Waals surface area contributed by atoms with Crippen LogP contribution in [0.25, 0.3) is 0 Å². The van der Waals surface area contributed by atoms with Gasteiger partial charge in [-0.3, -0.25) is 14.5 Å². The molecule has 0 radical (unpaired) electrons. The lowest BCUT2D eigenvalue weighted by atomic mass is 9.60. The topological polar surface area (TPSA) is 147 Å². The Morgan fingerprint density at radius 3 is 2.74 bits per heavy atom. The number of hydrazone groups is 1. The summed E-state index contributed by atoms with van der Waals surface area (Å²) in [5.74, 6) is -1.82. The summed E-state index contributed by atoms with van der Waals surface area (Å²) < 4.78 is 15.5. The van der Waals surface area contributed by atoms with E-state index in [0.29, 0.717) is 30.1 Å². The third-order valence-electron chi connectivity index (χ3n) is 7.21. The second-order valence-corrected chi connectivity index (χ2v) is 9.04. The van der Waals surface area contributed by atoms with Crippen LogP contribution in [0.4, 0.5) is 4.79 Å². The van der Waals surface area contributed by atoms with Crippen LogP contribution < -0.4 is 14.9 Å². The summed E-state index contributed by atoms with van der Waals surface area (Å²) in [7, 11) is 0. The number of carbonyl (C=O) groups excluding carboxylic acids is 3. The van der Waals surface area contributed by atoms with Crippen LogP contribution in [-0.4, -0.2) is 64.3 Å². The van der Waals surface area contributed by atoms with E-state index in [2.05, 4.69) is 10.5 Å². The molecule has 5 rings (SSSR count). The standard InChI is InChI=1S/C23H27N3O8/c1-2-32-23(31)25-24-14-8-15(27)20(28)18-12(14)4-5-13-19(18)22(30)26(21(13)29)9-11-3-6-16-17(7-11)34-10-33-16/h3,6-7,12-13,15,18-20,27-28H,2,4-5,8-10H2,1H3,(H,25,31)/t12-,13-,15-,18+,19-,20-/m1/s1. The number of ether oxygens (including phenoxy) is 3. The Hall–Kier alpha value is -3.18. The normalized spacial score (nSPS) is 33.0. The maximum Gasteiger partial charge on any atom is 0.427 e. The molecule has 3 fully saturated rings. The quantitative estimate of drug-likeness (QED) is 0.429. The first kappa shape index (κ1) is 22.6. The van der Waals surface area contributed by atoms with Crippen molar-refractivity contribution in [1.82, 2.24) is 10.3 Å². The summed E-state index contributed by atoms with van der Waals surface area (Å²) in [6, 6.07) is 5.27. The molecule has 11 heteroatoms. The maximum absolute atomic E-state index is 13.5. The summed E-state index contributed by atoms with van der Waals surface area (Å²) in [4.78, 5) is 39.6. The van der Waals surface area contributed by atoms with Gasteiger partial charge < -0.3 is 24.4 Å². The molecule has 1 saturated heterocycles. The van der Waals surface area contributed by atoms with Gasteiger partial charge in [-0.15, -0.1) is 0 Å². The van der Waals surface area contributed by atoms with E-state index in [0.717, 1.165) is 5.56 Å². The number of rotatable bonds is 4. The molecule has 11 nitrogen and oxygen atoms in total. The Labute approximate surface area is 195 Å². The van der Waals surface area contributed by atoms with Gasteiger partial charge in [-0.1, -0.05) is 6.07 Å². The maximum atomic E-state index is 13.5. The Balaban J connectivity index is 1.38. The van der Waals surface area contributed by atoms with Crippen molar-refractivity contribution in [2.24, 2.45) is 28.8 Å². The van der Waals surface area contributed by atoms with Crippen LogP contribution >= 0.6 is 0 Å². The van der Waals surface area contributed by atoms with Crippen molar-refractivity contribution in [3.8, 4) is 11.5 Å². The highest BCUT2D eigenvalue weighted by molar-refractivity contribution is 6.06. The number of likely N-dealkylation sites (tertiary alicyclic amines) is 1. The third kappa shape index (κ3) is 3.78. The summed E-state index contributed by atoms with van der Waals surface area (Å²) >= 11 is 0. The zero-order chi connectivity index (χ0) is 24.0. The van der Waals surface area contributed by atoms with Gasteiger partial charge in [0.25, 0.3) is 0 Å². The van der Waals surface area contributed by atoms with Crippen LogP contribution in [0.1, 0.15) is 31.7 Å². The zero-order valence-corrected chi connectivity index (χ0v) is 18.7. The highest BCUT2D eigenvalue weighted by Gasteiger charge is 2.59. The fraction of sp³-hybridized carbons (Fsp3) is 0.565. The molecule has 0 unspecified atom stereocenters. The molecule has 34 heavy (non-hydrogen) atoms. The predicted molar refractivity (Wildman–Crippen MR) is 116 cm³/mol. The SMILES string of the molecule is CCOC(=O)NN=C1C[C@@H](O)[C@@H](O)[C@@H]2[C@@H]3C(=O)N(Cc4ccc5c(c4)OCO5)C(=O)[C@@H]3CC[C@H]12. The smallest absolute Gasteiger partial charge is 0.427 e. The fourth-order valence-corrected chi connectivity index (χ4v) is 5.72. The molecule has 6 atom stereocenters. The van der Waals surface area contributed by atoms with Gasteiger partial charge in [-0.05, 0) is 37.5 Å². The molecule has 2 aliphatic carbocycles. The molecule has 4 aliphatic rings. The molecule has 2 heterocycles. The summed E-state index contributed by atoms with van der Waals surface area (Å²) in [6.07, 6.45) is -2.03. The lowest BCUT2D eigenvalue weighted by Crippen LogP contribution is -2.55. The Kier molecular flexibility index (Phi) is 5.90. The van der Waals surface area contributed by atoms with Gasteiger partial charge in [0.15, 0.2) is 11.5 Å². The number of imide groups is 1. The number of fused-ring (bicyclic) bond motifs is 4. The van der Waals surface area contributed by atoms with Crippen molar-refractivity contribution >= 4 is 23.6 Å². The van der Waals surface area contributed by atoms with Gasteiger partial charge in [-0.25, -0.2) is 10.2 Å². The first-order chi connectivity index (χ1) is 16.4. The van der Waals surface area contributed by atoms with E-state index >= 15 is 0 Å². The van der Waals surface area contributed by atoms with Crippen LogP contribution in [0.15, 0.2) is 23.3 Å². The fourth-order valence-electron chi connectivity index (χ4n) is 5.72. The number of amides is 3. The zero-order valence-electron chi connectivity index (χ0n) is 18.7. The van der Waals surface area contributed by atoms with Gasteiger partial charge in [-0.2, -0.15) is 5.10 Å². The van der Waals surface area contributed by atoms with Crippen molar-refractivity contribution < 1.29 is 38.8 Å². The summed E-state index contributed by atoms with van der Waals surface area (Å²) in [6.45, 7) is 2.07. The predicted octanol–water partition coefficient (Wildman–Crippen LogP) is 0.770. The molecule has 3 amide bonds. The van der Waals surface area contributed by atoms with E-state index in [9.17, 15) is 24.6 Å². The molecule has 1 aromatic rings. The number of aliphatic hydroxyl groups excluding tert-OH is 2. The minimum absolute atomic E-state index is 0.0647. The van der Waals surface area contributed by atoms with Gasteiger partial charge in [0.1, 0.15) is 0 Å². The third-order valence-corrected chi connectivity index (χ3v) is 7.21. The number of carbonyl (C=O) groups is 3. The molecule has 1 aromatic carbocycles. The van der Waals surface area contributed by atoms with Crippen LogP contribution in [-0.2, 0) is 20.9 Å². The number of hydrogen-bond donors (Lipinski definition) is 3. The largest absolute Gasteiger partial charge is 0.454 e. The van der Waals surface area contributed by atoms with E-state index < -0.39 is 36.1 Å². The van der Waals surface area contributed by atoms with E-state index in [1.165, 1.54) is 4.90 Å². The number of nitrogens with zero attached hydrogens (tertiary/aromatic N) is 2. The number of hydrogen-bond acceptors (Lipinski definition) is 9. The Bertz CT molecular complexity index is 1040. The van der Waals surface area contributed by atoms with Crippen molar-refractivity contribution in [2.45, 2.75) is 44.9 Å². The molecule has 0 spiro atoms. The van der Waals surface area contributed by atoms with Gasteiger partial charge in [0.2, 0.25) is 18.6 Å². The minimum Gasteiger partial charge on any atom is -0.454 e. The highest BCUT2D eigenvalue weighted by atomic mass is 16.7. The minimum atomic E-state index is -1.18. The summed E-state index contributed by atoms with van der Waals surface area (Å²) in [5.41, 5.74) is 3.53. The first-order valence-corrected chi connectivity index (χ1v) is 11.5. The Morgan fingerprint density at radius 1 is 1.18 bits per heavy atom. The van der Waals surface area contributed by atoms with Gasteiger partial charge in [0.05, 0.1) is 37.2 Å². The molecule has 2 aliphatic heterocycles. The average molecular weight is 473 g/mol. The molecule has 3 N–H and O–H groups in total. The number of nitrogens with one attached hydrogen (secondary N) is 1. The molecular weight excluding hydrogens is 446 g/mol. The average Bonchev–Trinajstić information content (AvgIpc) is 3.38. The Morgan fingerprint density at radius 2 is 1.94 bits per heavy atom. The number of benzene rings is 1. The second-order valence-electron chi connectivity index (χ2n) is 9.04.